The van der Waals surface area contributed by atoms with E-state index in [2.05, 4.69) is 20.8 Å². The lowest BCUT2D eigenvalue weighted by Gasteiger charge is -2.27. The summed E-state index contributed by atoms with van der Waals surface area (Å²) < 4.78 is 5.87. The average molecular weight is 236 g/mol. The fourth-order valence-corrected chi connectivity index (χ4v) is 1.69. The molecule has 0 aromatic carbocycles. The van der Waals surface area contributed by atoms with Crippen LogP contribution in [0.4, 0.5) is 0 Å². The Morgan fingerprint density at radius 1 is 1.53 bits per heavy atom. The third-order valence-electron chi connectivity index (χ3n) is 2.59. The van der Waals surface area contributed by atoms with Gasteiger partial charge in [-0.2, -0.15) is 0 Å². The highest BCUT2D eigenvalue weighted by Gasteiger charge is 2.21. The number of aliphatic carboxylic acids is 1. The molecule has 1 rings (SSSR count). The quantitative estimate of drug-likeness (QED) is 0.765. The van der Waals surface area contributed by atoms with E-state index in [1.54, 1.807) is 18.2 Å². The van der Waals surface area contributed by atoms with Crippen LogP contribution >= 0.6 is 0 Å². The van der Waals surface area contributed by atoms with Crippen LogP contribution in [0.2, 0.25) is 0 Å². The van der Waals surface area contributed by atoms with E-state index >= 15 is 0 Å². The molecule has 0 spiro atoms. The topological polar surface area (TPSA) is 46.5 Å². The summed E-state index contributed by atoms with van der Waals surface area (Å²) >= 11 is 0. The zero-order valence-electron chi connectivity index (χ0n) is 10.9. The molecule has 17 heavy (non-hydrogen) atoms. The van der Waals surface area contributed by atoms with Crippen LogP contribution in [0.15, 0.2) is 35.6 Å². The Morgan fingerprint density at radius 2 is 2.18 bits per heavy atom. The molecule has 1 aliphatic rings. The second-order valence-electron chi connectivity index (χ2n) is 5.12. The maximum absolute atomic E-state index is 10.7. The number of carboxylic acid groups (broad SMARTS) is 1. The van der Waals surface area contributed by atoms with E-state index in [1.807, 2.05) is 13.0 Å². The van der Waals surface area contributed by atoms with Crippen LogP contribution in [0.5, 0.6) is 0 Å². The highest BCUT2D eigenvalue weighted by atomic mass is 16.5. The highest BCUT2D eigenvalue weighted by Crippen LogP contribution is 2.29. The second kappa shape index (κ2) is 5.21. The number of hydrogen-bond acceptors (Lipinski definition) is 2. The smallest absolute Gasteiger partial charge is 0.335 e. The molecule has 1 aliphatic carbocycles. The number of allylic oxidation sites excluding steroid dienone is 2. The van der Waals surface area contributed by atoms with Crippen molar-refractivity contribution in [2.45, 2.75) is 40.2 Å². The molecule has 0 amide bonds. The number of rotatable bonds is 3. The van der Waals surface area contributed by atoms with Gasteiger partial charge in [-0.1, -0.05) is 26.8 Å². The van der Waals surface area contributed by atoms with Gasteiger partial charge in [0, 0.05) is 11.8 Å². The SMILES string of the molecule is C/C=C(\OC1C=CC(C(=O)O)=CC1)C(C)(C)C. The Labute approximate surface area is 102 Å². The van der Waals surface area contributed by atoms with E-state index in [4.69, 9.17) is 9.84 Å². The molecular formula is C14H20O3. The Hall–Kier alpha value is -1.51. The largest absolute Gasteiger partial charge is 0.490 e. The summed E-state index contributed by atoms with van der Waals surface area (Å²) in [6.07, 6.45) is 7.60. The van der Waals surface area contributed by atoms with Gasteiger partial charge in [0.25, 0.3) is 0 Å². The fourth-order valence-electron chi connectivity index (χ4n) is 1.69. The van der Waals surface area contributed by atoms with Crippen LogP contribution in [-0.4, -0.2) is 17.2 Å². The molecule has 1 unspecified atom stereocenters. The Morgan fingerprint density at radius 3 is 2.53 bits per heavy atom. The number of carbonyl (C=O) groups is 1. The summed E-state index contributed by atoms with van der Waals surface area (Å²) in [7, 11) is 0. The number of carboxylic acids is 1. The minimum absolute atomic E-state index is 0.0284. The predicted octanol–water partition coefficient (Wildman–Crippen LogP) is 3.29. The van der Waals surface area contributed by atoms with Gasteiger partial charge in [-0.3, -0.25) is 0 Å². The molecule has 0 fully saturated rings. The van der Waals surface area contributed by atoms with Crippen molar-refractivity contribution in [3.05, 3.63) is 35.6 Å². The summed E-state index contributed by atoms with van der Waals surface area (Å²) in [5.74, 6) is 0.0427. The standard InChI is InChI=1S/C14H20O3/c1-5-12(14(2,3)4)17-11-8-6-10(7-9-11)13(15)16/h5-8,11H,9H2,1-4H3,(H,15,16)/b12-5-. The van der Waals surface area contributed by atoms with Crippen molar-refractivity contribution < 1.29 is 14.6 Å². The first-order valence-corrected chi connectivity index (χ1v) is 5.79. The molecule has 1 N–H and O–H groups in total. The predicted molar refractivity (Wildman–Crippen MR) is 67.6 cm³/mol. The number of hydrogen-bond donors (Lipinski definition) is 1. The summed E-state index contributed by atoms with van der Waals surface area (Å²) in [6.45, 7) is 8.22. The lowest BCUT2D eigenvalue weighted by molar-refractivity contribution is -0.132. The van der Waals surface area contributed by atoms with Crippen molar-refractivity contribution in [1.82, 2.24) is 0 Å². The molecule has 3 heteroatoms. The van der Waals surface area contributed by atoms with Crippen molar-refractivity contribution in [2.75, 3.05) is 0 Å². The summed E-state index contributed by atoms with van der Waals surface area (Å²) in [5.41, 5.74) is 0.307. The lowest BCUT2D eigenvalue weighted by Crippen LogP contribution is -2.20. The molecule has 0 aromatic heterocycles. The maximum Gasteiger partial charge on any atom is 0.335 e. The molecule has 0 aromatic rings. The van der Waals surface area contributed by atoms with Crippen molar-refractivity contribution in [3.63, 3.8) is 0 Å². The van der Waals surface area contributed by atoms with Crippen LogP contribution < -0.4 is 0 Å². The molecule has 1 atom stereocenters. The van der Waals surface area contributed by atoms with Gasteiger partial charge in [0.2, 0.25) is 0 Å². The molecule has 3 nitrogen and oxygen atoms in total. The Kier molecular flexibility index (Phi) is 4.16. The van der Waals surface area contributed by atoms with Gasteiger partial charge in [-0.25, -0.2) is 4.79 Å². The number of ether oxygens (including phenoxy) is 1. The van der Waals surface area contributed by atoms with E-state index < -0.39 is 5.97 Å². The van der Waals surface area contributed by atoms with E-state index in [0.717, 1.165) is 5.76 Å². The van der Waals surface area contributed by atoms with Crippen molar-refractivity contribution >= 4 is 5.97 Å². The minimum atomic E-state index is -0.887. The Balaban J connectivity index is 2.64. The molecular weight excluding hydrogens is 216 g/mol. The lowest BCUT2D eigenvalue weighted by atomic mass is 9.93. The first-order valence-electron chi connectivity index (χ1n) is 5.79. The fraction of sp³-hybridized carbons (Fsp3) is 0.500. The van der Waals surface area contributed by atoms with Crippen LogP contribution in [0.25, 0.3) is 0 Å². The zero-order valence-corrected chi connectivity index (χ0v) is 10.9. The van der Waals surface area contributed by atoms with E-state index in [-0.39, 0.29) is 11.5 Å². The molecule has 0 aliphatic heterocycles. The summed E-state index contributed by atoms with van der Waals surface area (Å²) in [6, 6.07) is 0. The maximum atomic E-state index is 10.7. The summed E-state index contributed by atoms with van der Waals surface area (Å²) in [5, 5.41) is 8.81. The van der Waals surface area contributed by atoms with Gasteiger partial charge in [-0.05, 0) is 25.2 Å². The first-order chi connectivity index (χ1) is 7.84. The molecule has 0 bridgehead atoms. The molecule has 0 saturated heterocycles. The molecule has 0 heterocycles. The molecule has 0 radical (unpaired) electrons. The zero-order chi connectivity index (χ0) is 13.1. The van der Waals surface area contributed by atoms with Gasteiger partial charge in [0.15, 0.2) is 0 Å². The molecule has 0 saturated carbocycles. The first kappa shape index (κ1) is 13.6. The van der Waals surface area contributed by atoms with Crippen LogP contribution in [-0.2, 0) is 9.53 Å². The highest BCUT2D eigenvalue weighted by molar-refractivity contribution is 5.90. The van der Waals surface area contributed by atoms with Crippen LogP contribution in [0.1, 0.15) is 34.1 Å². The van der Waals surface area contributed by atoms with E-state index in [9.17, 15) is 4.79 Å². The van der Waals surface area contributed by atoms with Crippen LogP contribution in [0, 0.1) is 5.41 Å². The monoisotopic (exact) mass is 236 g/mol. The van der Waals surface area contributed by atoms with Crippen molar-refractivity contribution in [3.8, 4) is 0 Å². The van der Waals surface area contributed by atoms with Gasteiger partial charge >= 0.3 is 5.97 Å². The van der Waals surface area contributed by atoms with E-state index in [0.29, 0.717) is 12.0 Å². The minimum Gasteiger partial charge on any atom is -0.490 e. The van der Waals surface area contributed by atoms with Gasteiger partial charge < -0.3 is 9.84 Å². The average Bonchev–Trinajstić information content (AvgIpc) is 2.24. The molecule has 94 valence electrons. The second-order valence-corrected chi connectivity index (χ2v) is 5.12. The third kappa shape index (κ3) is 3.77. The van der Waals surface area contributed by atoms with Crippen LogP contribution in [0.3, 0.4) is 0 Å². The van der Waals surface area contributed by atoms with Gasteiger partial charge in [0.05, 0.1) is 11.3 Å². The normalized spacial score (nSPS) is 21.1. The van der Waals surface area contributed by atoms with Gasteiger partial charge in [0.1, 0.15) is 6.10 Å². The van der Waals surface area contributed by atoms with Crippen molar-refractivity contribution in [1.29, 1.82) is 0 Å². The van der Waals surface area contributed by atoms with Crippen molar-refractivity contribution in [2.24, 2.45) is 5.41 Å². The van der Waals surface area contributed by atoms with E-state index in [1.165, 1.54) is 0 Å². The summed E-state index contributed by atoms with van der Waals surface area (Å²) in [4.78, 5) is 10.7. The Bertz CT molecular complexity index is 381. The van der Waals surface area contributed by atoms with Gasteiger partial charge in [-0.15, -0.1) is 0 Å². The third-order valence-corrected chi connectivity index (χ3v) is 2.59.